The van der Waals surface area contributed by atoms with Gasteiger partial charge in [0.1, 0.15) is 11.3 Å². The van der Waals surface area contributed by atoms with Gasteiger partial charge in [-0.15, -0.1) is 0 Å². The Morgan fingerprint density at radius 2 is 1.94 bits per heavy atom. The Bertz CT molecular complexity index is 394. The number of hydrogen-bond donors (Lipinski definition) is 1. The fraction of sp³-hybridized carbons (Fsp3) is 0.462. The first kappa shape index (κ1) is 16.7. The zero-order chi connectivity index (χ0) is 14.1. The lowest BCUT2D eigenvalue weighted by molar-refractivity contribution is 0.0597. The molecule has 0 spiro atoms. The molecule has 1 aromatic rings. The second kappa shape index (κ2) is 8.78. The topological polar surface area (TPSA) is 61.5 Å². The summed E-state index contributed by atoms with van der Waals surface area (Å²) in [4.78, 5) is 11.5. The van der Waals surface area contributed by atoms with Crippen molar-refractivity contribution >= 4 is 17.6 Å². The first-order valence-corrected chi connectivity index (χ1v) is 6.16. The molecule has 0 aliphatic rings. The van der Waals surface area contributed by atoms with Gasteiger partial charge in [-0.25, -0.2) is 4.79 Å². The third-order valence-electron chi connectivity index (χ3n) is 2.15. The van der Waals surface area contributed by atoms with Gasteiger partial charge in [-0.3, -0.25) is 0 Å². The standard InChI is InChI=1S/C11H14ClNO3.C2H6/c1-15-10-7(3-4-13)5-8(12)6-9(10)11(14)16-2;1-2/h5-6H,3-4,13H2,1-2H3;1-2H3. The summed E-state index contributed by atoms with van der Waals surface area (Å²) in [6.07, 6.45) is 0.591. The van der Waals surface area contributed by atoms with Crippen LogP contribution < -0.4 is 10.5 Å². The van der Waals surface area contributed by atoms with Crippen LogP contribution in [0.3, 0.4) is 0 Å². The van der Waals surface area contributed by atoms with Gasteiger partial charge < -0.3 is 15.2 Å². The van der Waals surface area contributed by atoms with E-state index in [1.54, 1.807) is 6.07 Å². The van der Waals surface area contributed by atoms with E-state index in [1.165, 1.54) is 20.3 Å². The van der Waals surface area contributed by atoms with Crippen molar-refractivity contribution in [2.75, 3.05) is 20.8 Å². The van der Waals surface area contributed by atoms with Crippen molar-refractivity contribution in [3.63, 3.8) is 0 Å². The van der Waals surface area contributed by atoms with Gasteiger partial charge in [0.25, 0.3) is 0 Å². The quantitative estimate of drug-likeness (QED) is 0.857. The molecule has 0 unspecified atom stereocenters. The number of halogens is 1. The molecule has 0 radical (unpaired) electrons. The van der Waals surface area contributed by atoms with Gasteiger partial charge in [-0.2, -0.15) is 0 Å². The monoisotopic (exact) mass is 273 g/mol. The van der Waals surface area contributed by atoms with Crippen LogP contribution in [0.4, 0.5) is 0 Å². The van der Waals surface area contributed by atoms with Gasteiger partial charge in [-0.05, 0) is 30.7 Å². The van der Waals surface area contributed by atoms with Crippen molar-refractivity contribution < 1.29 is 14.3 Å². The molecule has 0 aliphatic carbocycles. The fourth-order valence-electron chi connectivity index (χ4n) is 1.49. The Labute approximate surface area is 113 Å². The van der Waals surface area contributed by atoms with Crippen LogP contribution in [0, 0.1) is 0 Å². The first-order valence-electron chi connectivity index (χ1n) is 5.78. The third kappa shape index (κ3) is 4.20. The molecule has 102 valence electrons. The molecule has 0 aromatic heterocycles. The van der Waals surface area contributed by atoms with Crippen LogP contribution in [0.1, 0.15) is 29.8 Å². The number of ether oxygens (including phenoxy) is 2. The normalized spacial score (nSPS) is 9.22. The average Bonchev–Trinajstić information content (AvgIpc) is 2.40. The van der Waals surface area contributed by atoms with Crippen molar-refractivity contribution in [2.45, 2.75) is 20.3 Å². The minimum atomic E-state index is -0.474. The van der Waals surface area contributed by atoms with Crippen LogP contribution in [-0.4, -0.2) is 26.7 Å². The van der Waals surface area contributed by atoms with Crippen LogP contribution in [-0.2, 0) is 11.2 Å². The maximum Gasteiger partial charge on any atom is 0.341 e. The summed E-state index contributed by atoms with van der Waals surface area (Å²) in [6, 6.07) is 3.26. The van der Waals surface area contributed by atoms with Gasteiger partial charge in [0, 0.05) is 5.02 Å². The number of carbonyl (C=O) groups is 1. The van der Waals surface area contributed by atoms with Gasteiger partial charge in [0.2, 0.25) is 0 Å². The van der Waals surface area contributed by atoms with Crippen molar-refractivity contribution in [3.05, 3.63) is 28.3 Å². The highest BCUT2D eigenvalue weighted by atomic mass is 35.5. The highest BCUT2D eigenvalue weighted by Gasteiger charge is 2.17. The molecule has 0 fully saturated rings. The number of methoxy groups -OCH3 is 2. The van der Waals surface area contributed by atoms with Gasteiger partial charge >= 0.3 is 5.97 Å². The number of esters is 1. The molecule has 0 atom stereocenters. The average molecular weight is 274 g/mol. The third-order valence-corrected chi connectivity index (χ3v) is 2.37. The largest absolute Gasteiger partial charge is 0.496 e. The van der Waals surface area contributed by atoms with Gasteiger partial charge in [-0.1, -0.05) is 25.4 Å². The fourth-order valence-corrected chi connectivity index (χ4v) is 1.73. The molecule has 2 N–H and O–H groups in total. The van der Waals surface area contributed by atoms with Gasteiger partial charge in [0.15, 0.2) is 0 Å². The van der Waals surface area contributed by atoms with Crippen LogP contribution >= 0.6 is 11.6 Å². The Morgan fingerprint density at radius 1 is 1.33 bits per heavy atom. The van der Waals surface area contributed by atoms with E-state index in [9.17, 15) is 4.79 Å². The summed E-state index contributed by atoms with van der Waals surface area (Å²) in [5.74, 6) is -0.000628. The number of nitrogens with two attached hydrogens (primary N) is 1. The summed E-state index contributed by atoms with van der Waals surface area (Å²) in [7, 11) is 2.81. The second-order valence-electron chi connectivity index (χ2n) is 3.18. The van der Waals surface area contributed by atoms with Crippen LogP contribution in [0.2, 0.25) is 5.02 Å². The molecule has 5 heteroatoms. The van der Waals surface area contributed by atoms with E-state index in [-0.39, 0.29) is 0 Å². The Balaban J connectivity index is 0.00000137. The summed E-state index contributed by atoms with van der Waals surface area (Å²) in [5.41, 5.74) is 6.60. The maximum atomic E-state index is 11.5. The predicted octanol–water partition coefficient (Wildman–Crippen LogP) is 2.66. The molecule has 1 aromatic carbocycles. The van der Waals surface area contributed by atoms with E-state index in [1.807, 2.05) is 13.8 Å². The summed E-state index contributed by atoms with van der Waals surface area (Å²) >= 11 is 5.91. The van der Waals surface area contributed by atoms with Crippen LogP contribution in [0.25, 0.3) is 0 Å². The van der Waals surface area contributed by atoms with E-state index in [4.69, 9.17) is 22.1 Å². The van der Waals surface area contributed by atoms with Gasteiger partial charge in [0.05, 0.1) is 14.2 Å². The summed E-state index contributed by atoms with van der Waals surface area (Å²) in [6.45, 7) is 4.46. The Morgan fingerprint density at radius 3 is 2.39 bits per heavy atom. The molecular formula is C13H20ClNO3. The van der Waals surface area contributed by atoms with Crippen LogP contribution in [0.15, 0.2) is 12.1 Å². The molecule has 0 amide bonds. The molecule has 0 heterocycles. The molecule has 1 rings (SSSR count). The predicted molar refractivity (Wildman–Crippen MR) is 73.4 cm³/mol. The Hall–Kier alpha value is -1.26. The van der Waals surface area contributed by atoms with E-state index in [2.05, 4.69) is 4.74 Å². The SMILES string of the molecule is CC.COC(=O)c1cc(Cl)cc(CCN)c1OC. The van der Waals surface area contributed by atoms with E-state index in [0.717, 1.165) is 5.56 Å². The zero-order valence-electron chi connectivity index (χ0n) is 11.2. The number of hydrogen-bond acceptors (Lipinski definition) is 4. The summed E-state index contributed by atoms with van der Waals surface area (Å²) in [5, 5.41) is 0.463. The second-order valence-corrected chi connectivity index (χ2v) is 3.61. The molecule has 4 nitrogen and oxygen atoms in total. The van der Waals surface area contributed by atoms with Crippen LogP contribution in [0.5, 0.6) is 5.75 Å². The van der Waals surface area contributed by atoms with Crippen molar-refractivity contribution in [3.8, 4) is 5.75 Å². The Kier molecular flexibility index (Phi) is 8.16. The zero-order valence-corrected chi connectivity index (χ0v) is 12.0. The molecule has 0 saturated heterocycles. The van der Waals surface area contributed by atoms with Crippen molar-refractivity contribution in [1.29, 1.82) is 0 Å². The lowest BCUT2D eigenvalue weighted by Crippen LogP contribution is -2.09. The molecule has 18 heavy (non-hydrogen) atoms. The number of rotatable bonds is 4. The highest BCUT2D eigenvalue weighted by Crippen LogP contribution is 2.29. The molecule has 0 aliphatic heterocycles. The molecule has 0 bridgehead atoms. The van der Waals surface area contributed by atoms with E-state index in [0.29, 0.717) is 29.3 Å². The number of benzene rings is 1. The molecular weight excluding hydrogens is 254 g/mol. The van der Waals surface area contributed by atoms with E-state index >= 15 is 0 Å². The van der Waals surface area contributed by atoms with Crippen molar-refractivity contribution in [2.24, 2.45) is 5.73 Å². The minimum Gasteiger partial charge on any atom is -0.496 e. The lowest BCUT2D eigenvalue weighted by Gasteiger charge is -2.12. The first-order chi connectivity index (χ1) is 8.63. The smallest absolute Gasteiger partial charge is 0.341 e. The highest BCUT2D eigenvalue weighted by molar-refractivity contribution is 6.31. The van der Waals surface area contributed by atoms with Crippen molar-refractivity contribution in [1.82, 2.24) is 0 Å². The minimum absolute atomic E-state index is 0.320. The summed E-state index contributed by atoms with van der Waals surface area (Å²) < 4.78 is 9.85. The maximum absolute atomic E-state index is 11.5. The lowest BCUT2D eigenvalue weighted by atomic mass is 10.1. The van der Waals surface area contributed by atoms with E-state index < -0.39 is 5.97 Å². The molecule has 0 saturated carbocycles. The number of carbonyl (C=O) groups excluding carboxylic acids is 1.